The highest BCUT2D eigenvalue weighted by atomic mass is 35.5. The third-order valence-electron chi connectivity index (χ3n) is 7.17. The van der Waals surface area contributed by atoms with Gasteiger partial charge in [-0.3, -0.25) is 9.59 Å². The van der Waals surface area contributed by atoms with E-state index in [2.05, 4.69) is 5.32 Å². The molecule has 0 bridgehead atoms. The maximum Gasteiger partial charge on any atom is 0.242 e. The number of aliphatic hydroxyl groups is 1. The molecule has 0 saturated carbocycles. The summed E-state index contributed by atoms with van der Waals surface area (Å²) in [6.45, 7) is 4.52. The Morgan fingerprint density at radius 2 is 1.88 bits per heavy atom. The maximum atomic E-state index is 13.4. The van der Waals surface area contributed by atoms with Gasteiger partial charge in [0.15, 0.2) is 0 Å². The number of ether oxygens (including phenoxy) is 1. The Labute approximate surface area is 248 Å². The third kappa shape index (κ3) is 8.89. The summed E-state index contributed by atoms with van der Waals surface area (Å²) in [6, 6.07) is 10.7. The summed E-state index contributed by atoms with van der Waals surface area (Å²) in [4.78, 5) is 29.6. The summed E-state index contributed by atoms with van der Waals surface area (Å²) in [5, 5.41) is 13.2. The van der Waals surface area contributed by atoms with Crippen LogP contribution in [-0.4, -0.2) is 99.0 Å². The smallest absolute Gasteiger partial charge is 0.242 e. The van der Waals surface area contributed by atoms with E-state index in [1.54, 1.807) is 30.0 Å². The van der Waals surface area contributed by atoms with Crippen LogP contribution < -0.4 is 10.1 Å². The number of carbonyl (C=O) groups excluding carboxylic acids is 2. The van der Waals surface area contributed by atoms with Crippen molar-refractivity contribution in [2.75, 3.05) is 52.7 Å². The minimum atomic E-state index is -3.84. The molecule has 1 aliphatic rings. The van der Waals surface area contributed by atoms with Gasteiger partial charge in [0.25, 0.3) is 0 Å². The second-order valence-corrected chi connectivity index (χ2v) is 13.4. The summed E-state index contributed by atoms with van der Waals surface area (Å²) in [5.41, 5.74) is 1.11. The predicted molar refractivity (Wildman–Crippen MR) is 160 cm³/mol. The van der Waals surface area contributed by atoms with Crippen molar-refractivity contribution in [2.24, 2.45) is 5.92 Å². The Morgan fingerprint density at radius 3 is 2.51 bits per heavy atom. The van der Waals surface area contributed by atoms with Gasteiger partial charge >= 0.3 is 0 Å². The van der Waals surface area contributed by atoms with E-state index in [4.69, 9.17) is 16.3 Å². The molecule has 0 radical (unpaired) electrons. The zero-order chi connectivity index (χ0) is 30.3. The molecule has 10 nitrogen and oxygen atoms in total. The lowest BCUT2D eigenvalue weighted by atomic mass is 10.0. The van der Waals surface area contributed by atoms with Crippen LogP contribution in [0, 0.1) is 5.92 Å². The van der Waals surface area contributed by atoms with Crippen LogP contribution in [0.25, 0.3) is 0 Å². The molecule has 0 spiro atoms. The van der Waals surface area contributed by atoms with Gasteiger partial charge < -0.3 is 25.0 Å². The average molecular weight is 609 g/mol. The fraction of sp³-hybridized carbons (Fsp3) is 0.517. The number of fused-ring (bicyclic) bond motifs is 1. The van der Waals surface area contributed by atoms with E-state index in [9.17, 15) is 23.1 Å². The molecule has 3 rings (SSSR count). The zero-order valence-corrected chi connectivity index (χ0v) is 25.9. The number of hydrogen-bond donors (Lipinski definition) is 2. The van der Waals surface area contributed by atoms with Gasteiger partial charge in [0, 0.05) is 42.2 Å². The number of hydrogen-bond acceptors (Lipinski definition) is 7. The molecule has 2 aromatic carbocycles. The summed E-state index contributed by atoms with van der Waals surface area (Å²) in [6.07, 6.45) is 0.459. The number of amides is 2. The minimum Gasteiger partial charge on any atom is -0.488 e. The van der Waals surface area contributed by atoms with E-state index in [0.717, 1.165) is 6.54 Å². The van der Waals surface area contributed by atoms with Gasteiger partial charge in [0.1, 0.15) is 11.9 Å². The van der Waals surface area contributed by atoms with E-state index in [1.807, 2.05) is 25.9 Å². The molecule has 2 aromatic rings. The molecule has 12 heteroatoms. The first-order valence-corrected chi connectivity index (χ1v) is 15.5. The molecule has 3 atom stereocenters. The molecule has 226 valence electrons. The number of carbonyl (C=O) groups is 2. The Balaban J connectivity index is 1.90. The number of likely N-dealkylation sites (N-methyl/N-ethyl adjacent to an activating group) is 1. The molecule has 0 aliphatic carbocycles. The van der Waals surface area contributed by atoms with Crippen molar-refractivity contribution in [2.45, 2.75) is 50.2 Å². The van der Waals surface area contributed by atoms with Gasteiger partial charge in [-0.25, -0.2) is 8.42 Å². The van der Waals surface area contributed by atoms with Crippen LogP contribution in [0.5, 0.6) is 5.75 Å². The van der Waals surface area contributed by atoms with Gasteiger partial charge in [-0.15, -0.1) is 0 Å². The topological polar surface area (TPSA) is 119 Å². The molecule has 41 heavy (non-hydrogen) atoms. The number of aliphatic hydroxyl groups excluding tert-OH is 1. The zero-order valence-electron chi connectivity index (χ0n) is 24.3. The largest absolute Gasteiger partial charge is 0.488 e. The first-order valence-electron chi connectivity index (χ1n) is 13.7. The van der Waals surface area contributed by atoms with Crippen LogP contribution in [0.2, 0.25) is 5.02 Å². The number of anilines is 1. The fourth-order valence-electron chi connectivity index (χ4n) is 4.64. The van der Waals surface area contributed by atoms with Crippen molar-refractivity contribution in [1.82, 2.24) is 14.1 Å². The van der Waals surface area contributed by atoms with Gasteiger partial charge in [-0.1, -0.05) is 18.5 Å². The summed E-state index contributed by atoms with van der Waals surface area (Å²) in [5.74, 6) is -0.159. The SMILES string of the molecule is C[C@H](CO)N1C[C@H](C)[C@@H](CN(C)S(=O)(=O)c2ccc(Cl)cc2)Oc2ccc(NC(=O)CCCN(C)C)cc2CC1=O. The number of benzene rings is 2. The van der Waals surface area contributed by atoms with Crippen molar-refractivity contribution < 1.29 is 27.9 Å². The Bertz CT molecular complexity index is 1300. The summed E-state index contributed by atoms with van der Waals surface area (Å²) < 4.78 is 34.3. The third-order valence-corrected chi connectivity index (χ3v) is 9.26. The predicted octanol–water partition coefficient (Wildman–Crippen LogP) is 3.09. The lowest BCUT2D eigenvalue weighted by Gasteiger charge is -2.33. The minimum absolute atomic E-state index is 0.00235. The van der Waals surface area contributed by atoms with Gasteiger partial charge in [0.05, 0.1) is 30.5 Å². The number of nitrogens with zero attached hydrogens (tertiary/aromatic N) is 3. The van der Waals surface area contributed by atoms with E-state index in [-0.39, 0.29) is 48.7 Å². The lowest BCUT2D eigenvalue weighted by Crippen LogP contribution is -2.48. The van der Waals surface area contributed by atoms with Crippen molar-refractivity contribution >= 4 is 39.1 Å². The summed E-state index contributed by atoms with van der Waals surface area (Å²) in [7, 11) is 1.55. The van der Waals surface area contributed by atoms with Crippen LogP contribution in [0.1, 0.15) is 32.3 Å². The molecular weight excluding hydrogens is 568 g/mol. The van der Waals surface area contributed by atoms with Gasteiger partial charge in [0.2, 0.25) is 21.8 Å². The maximum absolute atomic E-state index is 13.4. The van der Waals surface area contributed by atoms with Crippen molar-refractivity contribution in [3.63, 3.8) is 0 Å². The highest BCUT2D eigenvalue weighted by molar-refractivity contribution is 7.89. The highest BCUT2D eigenvalue weighted by Gasteiger charge is 2.33. The number of halogens is 1. The Hall–Kier alpha value is -2.70. The van der Waals surface area contributed by atoms with Crippen LogP contribution in [0.4, 0.5) is 5.69 Å². The van der Waals surface area contributed by atoms with E-state index in [0.29, 0.717) is 34.9 Å². The standard InChI is InChI=1S/C29H41ClN4O6S/c1-20-17-34(21(2)19-35)29(37)16-22-15-24(31-28(36)7-6-14-32(3)4)10-13-26(22)40-27(20)18-33(5)41(38,39)25-11-8-23(30)9-12-25/h8-13,15,20-21,27,35H,6-7,14,16-19H2,1-5H3,(H,31,36)/t20-,21+,27+/m0/s1. The van der Waals surface area contributed by atoms with E-state index in [1.165, 1.54) is 35.6 Å². The normalized spacial score (nSPS) is 18.8. The van der Waals surface area contributed by atoms with E-state index >= 15 is 0 Å². The average Bonchev–Trinajstić information content (AvgIpc) is 2.95. The monoisotopic (exact) mass is 608 g/mol. The molecule has 1 aliphatic heterocycles. The van der Waals surface area contributed by atoms with Crippen LogP contribution >= 0.6 is 11.6 Å². The first-order chi connectivity index (χ1) is 19.3. The van der Waals surface area contributed by atoms with Crippen molar-refractivity contribution in [3.05, 3.63) is 53.1 Å². The number of rotatable bonds is 11. The van der Waals surface area contributed by atoms with Crippen LogP contribution in [-0.2, 0) is 26.0 Å². The molecule has 0 unspecified atom stereocenters. The molecule has 2 N–H and O–H groups in total. The first kappa shape index (κ1) is 32.8. The Kier molecular flexibility index (Phi) is 11.6. The van der Waals surface area contributed by atoms with Gasteiger partial charge in [-0.05, 0) is 76.4 Å². The van der Waals surface area contributed by atoms with Gasteiger partial charge in [-0.2, -0.15) is 4.31 Å². The highest BCUT2D eigenvalue weighted by Crippen LogP contribution is 2.30. The fourth-order valence-corrected chi connectivity index (χ4v) is 5.95. The number of sulfonamides is 1. The van der Waals surface area contributed by atoms with Crippen molar-refractivity contribution in [3.8, 4) is 5.75 Å². The van der Waals surface area contributed by atoms with Crippen LogP contribution in [0.3, 0.4) is 0 Å². The molecule has 2 amide bonds. The molecule has 0 fully saturated rings. The second kappa shape index (κ2) is 14.5. The number of nitrogens with one attached hydrogen (secondary N) is 1. The van der Waals surface area contributed by atoms with Crippen molar-refractivity contribution in [1.29, 1.82) is 0 Å². The Morgan fingerprint density at radius 1 is 1.20 bits per heavy atom. The second-order valence-electron chi connectivity index (χ2n) is 10.9. The lowest BCUT2D eigenvalue weighted by molar-refractivity contribution is -0.134. The quantitative estimate of drug-likeness (QED) is 0.402. The summed E-state index contributed by atoms with van der Waals surface area (Å²) >= 11 is 5.95. The molecule has 0 saturated heterocycles. The molecular formula is C29H41ClN4O6S. The van der Waals surface area contributed by atoms with Crippen LogP contribution in [0.15, 0.2) is 47.4 Å². The van der Waals surface area contributed by atoms with E-state index < -0.39 is 22.2 Å². The molecule has 1 heterocycles. The molecule has 0 aromatic heterocycles.